The lowest BCUT2D eigenvalue weighted by atomic mass is 10.2. The van der Waals surface area contributed by atoms with Gasteiger partial charge in [0.2, 0.25) is 0 Å². The van der Waals surface area contributed by atoms with Crippen LogP contribution >= 0.6 is 11.8 Å². The molecule has 0 heterocycles. The minimum absolute atomic E-state index is 0.676. The molecular formula is C18H23N3OS. The first-order valence-corrected chi connectivity index (χ1v) is 8.56. The summed E-state index contributed by atoms with van der Waals surface area (Å²) in [4.78, 5) is 5.53. The van der Waals surface area contributed by atoms with Gasteiger partial charge in [-0.1, -0.05) is 36.4 Å². The molecule has 4 nitrogen and oxygen atoms in total. The van der Waals surface area contributed by atoms with Crippen LogP contribution in [0.3, 0.4) is 0 Å². The van der Waals surface area contributed by atoms with E-state index in [2.05, 4.69) is 39.9 Å². The lowest BCUT2D eigenvalue weighted by Crippen LogP contribution is -2.38. The normalized spacial score (nSPS) is 11.1. The van der Waals surface area contributed by atoms with E-state index in [-0.39, 0.29) is 0 Å². The fourth-order valence-corrected chi connectivity index (χ4v) is 2.89. The Bertz CT molecular complexity index is 617. The summed E-state index contributed by atoms with van der Waals surface area (Å²) < 4.78 is 5.36. The van der Waals surface area contributed by atoms with Crippen molar-refractivity contribution in [2.45, 2.75) is 11.4 Å². The summed E-state index contributed by atoms with van der Waals surface area (Å²) in [6, 6.07) is 18.4. The van der Waals surface area contributed by atoms with Crippen LogP contribution in [0.5, 0.6) is 5.75 Å². The SMILES string of the molecule is CN=C(NCCSc1ccccc1)NCc1ccccc1OC. The van der Waals surface area contributed by atoms with Gasteiger partial charge in [-0.2, -0.15) is 0 Å². The number of hydrogen-bond acceptors (Lipinski definition) is 3. The van der Waals surface area contributed by atoms with Crippen LogP contribution in [0.25, 0.3) is 0 Å². The number of ether oxygens (including phenoxy) is 1. The number of guanidine groups is 1. The highest BCUT2D eigenvalue weighted by molar-refractivity contribution is 7.99. The molecule has 23 heavy (non-hydrogen) atoms. The van der Waals surface area contributed by atoms with Crippen LogP contribution in [0.1, 0.15) is 5.56 Å². The van der Waals surface area contributed by atoms with Gasteiger partial charge in [-0.15, -0.1) is 11.8 Å². The minimum atomic E-state index is 0.676. The number of benzene rings is 2. The minimum Gasteiger partial charge on any atom is -0.496 e. The van der Waals surface area contributed by atoms with Crippen molar-refractivity contribution < 1.29 is 4.74 Å². The number of nitrogens with one attached hydrogen (secondary N) is 2. The summed E-state index contributed by atoms with van der Waals surface area (Å²) in [5.74, 6) is 2.67. The Morgan fingerprint density at radius 3 is 2.52 bits per heavy atom. The number of nitrogens with zero attached hydrogens (tertiary/aromatic N) is 1. The summed E-state index contributed by atoms with van der Waals surface area (Å²) >= 11 is 1.83. The molecule has 0 spiro atoms. The molecule has 0 aromatic heterocycles. The average molecular weight is 329 g/mol. The summed E-state index contributed by atoms with van der Waals surface area (Å²) in [7, 11) is 3.47. The second-order valence-corrected chi connectivity index (χ2v) is 5.99. The van der Waals surface area contributed by atoms with Gasteiger partial charge in [0.25, 0.3) is 0 Å². The first-order chi connectivity index (χ1) is 11.3. The van der Waals surface area contributed by atoms with Gasteiger partial charge in [0, 0.05) is 36.3 Å². The van der Waals surface area contributed by atoms with E-state index in [1.54, 1.807) is 14.2 Å². The lowest BCUT2D eigenvalue weighted by molar-refractivity contribution is 0.409. The van der Waals surface area contributed by atoms with Gasteiger partial charge in [-0.25, -0.2) is 0 Å². The van der Waals surface area contributed by atoms with E-state index < -0.39 is 0 Å². The van der Waals surface area contributed by atoms with Crippen LogP contribution in [0, 0.1) is 0 Å². The van der Waals surface area contributed by atoms with Gasteiger partial charge >= 0.3 is 0 Å². The molecule has 2 rings (SSSR count). The highest BCUT2D eigenvalue weighted by Crippen LogP contribution is 2.17. The molecule has 0 amide bonds. The number of rotatable bonds is 7. The number of hydrogen-bond donors (Lipinski definition) is 2. The topological polar surface area (TPSA) is 45.7 Å². The molecule has 122 valence electrons. The van der Waals surface area contributed by atoms with Crippen LogP contribution in [0.4, 0.5) is 0 Å². The molecule has 0 unspecified atom stereocenters. The predicted molar refractivity (Wildman–Crippen MR) is 98.4 cm³/mol. The van der Waals surface area contributed by atoms with Gasteiger partial charge in [0.05, 0.1) is 7.11 Å². The molecule has 0 fully saturated rings. The van der Waals surface area contributed by atoms with Crippen molar-refractivity contribution in [1.82, 2.24) is 10.6 Å². The largest absolute Gasteiger partial charge is 0.496 e. The maximum absolute atomic E-state index is 5.36. The first-order valence-electron chi connectivity index (χ1n) is 7.57. The van der Waals surface area contributed by atoms with E-state index in [0.29, 0.717) is 6.54 Å². The quantitative estimate of drug-likeness (QED) is 0.354. The number of para-hydroxylation sites is 1. The molecule has 2 N–H and O–H groups in total. The van der Waals surface area contributed by atoms with Crippen molar-refractivity contribution in [1.29, 1.82) is 0 Å². The van der Waals surface area contributed by atoms with E-state index in [1.807, 2.05) is 42.1 Å². The Morgan fingerprint density at radius 1 is 1.04 bits per heavy atom. The second kappa shape index (κ2) is 9.79. The first kappa shape index (κ1) is 17.2. The van der Waals surface area contributed by atoms with E-state index in [0.717, 1.165) is 29.6 Å². The molecule has 2 aromatic carbocycles. The second-order valence-electron chi connectivity index (χ2n) is 4.83. The zero-order chi connectivity index (χ0) is 16.3. The molecule has 0 bridgehead atoms. The summed E-state index contributed by atoms with van der Waals surface area (Å²) in [6.07, 6.45) is 0. The Kier molecular flexibility index (Phi) is 7.33. The van der Waals surface area contributed by atoms with Crippen molar-refractivity contribution in [3.8, 4) is 5.75 Å². The Hall–Kier alpha value is -2.14. The number of thioether (sulfide) groups is 1. The van der Waals surface area contributed by atoms with E-state index >= 15 is 0 Å². The molecule has 0 aliphatic heterocycles. The molecule has 0 aliphatic carbocycles. The van der Waals surface area contributed by atoms with Gasteiger partial charge in [0.1, 0.15) is 5.75 Å². The van der Waals surface area contributed by atoms with Crippen molar-refractivity contribution in [2.75, 3.05) is 26.5 Å². The van der Waals surface area contributed by atoms with Gasteiger partial charge in [0.15, 0.2) is 5.96 Å². The van der Waals surface area contributed by atoms with E-state index in [9.17, 15) is 0 Å². The standard InChI is InChI=1S/C18H23N3OS/c1-19-18(20-12-13-23-16-9-4-3-5-10-16)21-14-15-8-6-7-11-17(15)22-2/h3-11H,12-14H2,1-2H3,(H2,19,20,21). The van der Waals surface area contributed by atoms with Crippen LogP contribution in [0.2, 0.25) is 0 Å². The summed E-state index contributed by atoms with van der Waals surface area (Å²) in [5.41, 5.74) is 1.11. The highest BCUT2D eigenvalue weighted by Gasteiger charge is 2.03. The Labute approximate surface area is 142 Å². The third kappa shape index (κ3) is 5.87. The third-order valence-electron chi connectivity index (χ3n) is 3.27. The molecule has 0 saturated carbocycles. The zero-order valence-electron chi connectivity index (χ0n) is 13.6. The summed E-state index contributed by atoms with van der Waals surface area (Å²) in [5, 5.41) is 6.63. The van der Waals surface area contributed by atoms with E-state index in [4.69, 9.17) is 4.74 Å². The molecule has 0 saturated heterocycles. The van der Waals surface area contributed by atoms with Crippen molar-refractivity contribution >= 4 is 17.7 Å². The van der Waals surface area contributed by atoms with Crippen molar-refractivity contribution in [3.05, 3.63) is 60.2 Å². The molecule has 2 aromatic rings. The van der Waals surface area contributed by atoms with E-state index in [1.165, 1.54) is 4.90 Å². The Morgan fingerprint density at radius 2 is 1.78 bits per heavy atom. The van der Waals surface area contributed by atoms with Gasteiger partial charge < -0.3 is 15.4 Å². The van der Waals surface area contributed by atoms with Crippen molar-refractivity contribution in [3.63, 3.8) is 0 Å². The van der Waals surface area contributed by atoms with Gasteiger partial charge in [-0.3, -0.25) is 4.99 Å². The van der Waals surface area contributed by atoms with Gasteiger partial charge in [-0.05, 0) is 18.2 Å². The Balaban J connectivity index is 1.73. The summed E-state index contributed by atoms with van der Waals surface area (Å²) in [6.45, 7) is 1.53. The number of aliphatic imine (C=N–C) groups is 1. The van der Waals surface area contributed by atoms with Crippen LogP contribution in [-0.4, -0.2) is 32.4 Å². The number of methoxy groups -OCH3 is 1. The predicted octanol–water partition coefficient (Wildman–Crippen LogP) is 3.15. The monoisotopic (exact) mass is 329 g/mol. The molecule has 0 radical (unpaired) electrons. The fraction of sp³-hybridized carbons (Fsp3) is 0.278. The fourth-order valence-electron chi connectivity index (χ4n) is 2.10. The maximum atomic E-state index is 5.36. The zero-order valence-corrected chi connectivity index (χ0v) is 14.4. The van der Waals surface area contributed by atoms with Crippen LogP contribution in [-0.2, 0) is 6.54 Å². The van der Waals surface area contributed by atoms with Crippen molar-refractivity contribution in [2.24, 2.45) is 4.99 Å². The molecule has 0 atom stereocenters. The maximum Gasteiger partial charge on any atom is 0.191 e. The molecule has 5 heteroatoms. The smallest absolute Gasteiger partial charge is 0.191 e. The van der Waals surface area contributed by atoms with Crippen LogP contribution < -0.4 is 15.4 Å². The lowest BCUT2D eigenvalue weighted by Gasteiger charge is -2.13. The average Bonchev–Trinajstić information content (AvgIpc) is 2.62. The third-order valence-corrected chi connectivity index (χ3v) is 4.28. The van der Waals surface area contributed by atoms with Crippen LogP contribution in [0.15, 0.2) is 64.5 Å². The highest BCUT2D eigenvalue weighted by atomic mass is 32.2. The molecular weight excluding hydrogens is 306 g/mol. The molecule has 0 aliphatic rings.